The summed E-state index contributed by atoms with van der Waals surface area (Å²) < 4.78 is 22.5. The number of halogens is 1. The first-order valence-electron chi connectivity index (χ1n) is 8.74. The monoisotopic (exact) mass is 458 g/mol. The number of benzene rings is 1. The number of carboxylic acid groups (broad SMARTS) is 1. The highest BCUT2D eigenvalue weighted by Gasteiger charge is 2.61. The quantitative estimate of drug-likeness (QED) is 0.720. The van der Waals surface area contributed by atoms with Gasteiger partial charge in [-0.3, -0.25) is 9.59 Å². The number of hydrogen-bond acceptors (Lipinski definition) is 6. The molecule has 1 amide bonds. The summed E-state index contributed by atoms with van der Waals surface area (Å²) in [6.07, 6.45) is 0.348. The van der Waals surface area contributed by atoms with Gasteiger partial charge in [-0.05, 0) is 49.4 Å². The lowest BCUT2D eigenvalue weighted by Crippen LogP contribution is -2.32. The van der Waals surface area contributed by atoms with E-state index in [4.69, 9.17) is 22.4 Å². The number of primary amides is 1. The van der Waals surface area contributed by atoms with Crippen LogP contribution in [0.4, 0.5) is 0 Å². The van der Waals surface area contributed by atoms with Crippen molar-refractivity contribution in [2.24, 2.45) is 5.73 Å². The Balaban J connectivity index is 0.000000212. The summed E-state index contributed by atoms with van der Waals surface area (Å²) in [5.41, 5.74) is 6.09. The number of nitrogens with zero attached hydrogens (tertiary/aromatic N) is 1. The van der Waals surface area contributed by atoms with Gasteiger partial charge in [-0.15, -0.1) is 11.3 Å². The molecule has 0 aliphatic heterocycles. The molecule has 0 bridgehead atoms. The van der Waals surface area contributed by atoms with E-state index in [0.717, 1.165) is 10.6 Å². The molecule has 1 fully saturated rings. The Labute approximate surface area is 178 Å². The number of carbonyl (C=O) groups is 2. The van der Waals surface area contributed by atoms with Crippen molar-refractivity contribution >= 4 is 44.7 Å². The van der Waals surface area contributed by atoms with Gasteiger partial charge in [0.2, 0.25) is 0 Å². The molecule has 0 saturated heterocycles. The normalized spacial score (nSPS) is 15.2. The van der Waals surface area contributed by atoms with Gasteiger partial charge in [0, 0.05) is 9.90 Å². The topological polar surface area (TPSA) is 127 Å². The number of nitrogens with two attached hydrogens (primary N) is 1. The molecule has 158 valence electrons. The van der Waals surface area contributed by atoms with Gasteiger partial charge in [-0.25, -0.2) is 13.4 Å². The molecule has 29 heavy (non-hydrogen) atoms. The number of thiazole rings is 1. The Kier molecular flexibility index (Phi) is 6.46. The van der Waals surface area contributed by atoms with Crippen molar-refractivity contribution in [3.05, 3.63) is 44.9 Å². The standard InChI is InChI=1S/C10H9ClO4S.C9H14N2OS/c11-7-1-3-8(4-2-7)16(14,15)10(5-6-10)9(12)13;1-5-6(9(2,3)4)13-8(11-5)7(10)12/h1-4H,5-6H2,(H,12,13);1-4H3,(H2,10,12). The summed E-state index contributed by atoms with van der Waals surface area (Å²) in [7, 11) is -3.80. The second-order valence-corrected chi connectivity index (χ2v) is 11.5. The number of rotatable bonds is 4. The van der Waals surface area contributed by atoms with Gasteiger partial charge in [0.05, 0.1) is 10.6 Å². The molecule has 1 aromatic carbocycles. The first-order chi connectivity index (χ1) is 13.2. The first kappa shape index (κ1) is 23.3. The van der Waals surface area contributed by atoms with E-state index in [9.17, 15) is 18.0 Å². The summed E-state index contributed by atoms with van der Waals surface area (Å²) in [5.74, 6) is -1.72. The number of carboxylic acids is 1. The summed E-state index contributed by atoms with van der Waals surface area (Å²) in [6, 6.07) is 5.54. The van der Waals surface area contributed by atoms with Crippen LogP contribution in [0.3, 0.4) is 0 Å². The number of aliphatic carboxylic acids is 1. The zero-order chi connectivity index (χ0) is 22.2. The minimum atomic E-state index is -3.80. The molecule has 1 aromatic heterocycles. The minimum absolute atomic E-state index is 0.0109. The second kappa shape index (κ2) is 8.04. The van der Waals surface area contributed by atoms with Crippen LogP contribution < -0.4 is 5.73 Å². The van der Waals surface area contributed by atoms with Crippen LogP contribution in [0.1, 0.15) is 54.0 Å². The van der Waals surface area contributed by atoms with Crippen LogP contribution in [0.15, 0.2) is 29.2 Å². The maximum Gasteiger partial charge on any atom is 0.325 e. The molecule has 0 radical (unpaired) electrons. The maximum atomic E-state index is 12.0. The molecule has 0 atom stereocenters. The fourth-order valence-electron chi connectivity index (χ4n) is 2.75. The van der Waals surface area contributed by atoms with Gasteiger partial charge in [0.25, 0.3) is 5.91 Å². The van der Waals surface area contributed by atoms with Crippen molar-refractivity contribution in [2.45, 2.75) is 55.6 Å². The van der Waals surface area contributed by atoms with E-state index in [2.05, 4.69) is 25.8 Å². The number of sulfone groups is 1. The van der Waals surface area contributed by atoms with Gasteiger partial charge >= 0.3 is 5.97 Å². The lowest BCUT2D eigenvalue weighted by atomic mass is 9.94. The highest BCUT2D eigenvalue weighted by molar-refractivity contribution is 7.94. The molecule has 1 aliphatic rings. The largest absolute Gasteiger partial charge is 0.480 e. The first-order valence-corrected chi connectivity index (χ1v) is 11.4. The maximum absolute atomic E-state index is 12.0. The second-order valence-electron chi connectivity index (χ2n) is 7.80. The summed E-state index contributed by atoms with van der Waals surface area (Å²) in [5, 5.41) is 9.77. The third-order valence-corrected chi connectivity index (χ3v) is 8.77. The number of amides is 1. The summed E-state index contributed by atoms with van der Waals surface area (Å²) >= 11 is 7.03. The number of hydrogen-bond donors (Lipinski definition) is 2. The lowest BCUT2D eigenvalue weighted by molar-refractivity contribution is -0.137. The molecular formula is C19H23ClN2O5S2. The van der Waals surface area contributed by atoms with E-state index in [1.807, 2.05) is 6.92 Å². The van der Waals surface area contributed by atoms with Crippen LogP contribution in [0, 0.1) is 6.92 Å². The number of carbonyl (C=O) groups excluding carboxylic acids is 1. The van der Waals surface area contributed by atoms with Gasteiger partial charge in [0.1, 0.15) is 0 Å². The van der Waals surface area contributed by atoms with Crippen molar-refractivity contribution in [3.8, 4) is 0 Å². The molecule has 2 aromatic rings. The van der Waals surface area contributed by atoms with Crippen molar-refractivity contribution in [1.82, 2.24) is 4.98 Å². The SMILES string of the molecule is Cc1nc(C(N)=O)sc1C(C)(C)C.O=C(O)C1(S(=O)(=O)c2ccc(Cl)cc2)CC1. The van der Waals surface area contributed by atoms with Crippen LogP contribution in [-0.4, -0.2) is 35.1 Å². The molecule has 0 spiro atoms. The molecule has 1 saturated carbocycles. The molecular weight excluding hydrogens is 436 g/mol. The Morgan fingerprint density at radius 3 is 2.03 bits per heavy atom. The van der Waals surface area contributed by atoms with Crippen LogP contribution in [-0.2, 0) is 20.0 Å². The Bertz CT molecular complexity index is 1030. The van der Waals surface area contributed by atoms with Crippen molar-refractivity contribution in [1.29, 1.82) is 0 Å². The molecule has 1 aliphatic carbocycles. The van der Waals surface area contributed by atoms with E-state index in [0.29, 0.717) is 10.0 Å². The van der Waals surface area contributed by atoms with Crippen molar-refractivity contribution < 1.29 is 23.1 Å². The van der Waals surface area contributed by atoms with Crippen LogP contribution in [0.5, 0.6) is 0 Å². The fraction of sp³-hybridized carbons (Fsp3) is 0.421. The molecule has 10 heteroatoms. The third kappa shape index (κ3) is 4.79. The lowest BCUT2D eigenvalue weighted by Gasteiger charge is -2.16. The van der Waals surface area contributed by atoms with E-state index < -0.39 is 26.5 Å². The van der Waals surface area contributed by atoms with Gasteiger partial charge in [-0.2, -0.15) is 0 Å². The molecule has 3 N–H and O–H groups in total. The van der Waals surface area contributed by atoms with Crippen molar-refractivity contribution in [2.75, 3.05) is 0 Å². The van der Waals surface area contributed by atoms with Gasteiger partial charge in [-0.1, -0.05) is 32.4 Å². The van der Waals surface area contributed by atoms with Crippen LogP contribution >= 0.6 is 22.9 Å². The minimum Gasteiger partial charge on any atom is -0.480 e. The average molecular weight is 459 g/mol. The van der Waals surface area contributed by atoms with E-state index in [1.54, 1.807) is 0 Å². The van der Waals surface area contributed by atoms with Crippen LogP contribution in [0.2, 0.25) is 5.02 Å². The zero-order valence-electron chi connectivity index (χ0n) is 16.5. The smallest absolute Gasteiger partial charge is 0.325 e. The molecule has 1 heterocycles. The predicted octanol–water partition coefficient (Wildman–Crippen LogP) is 3.58. The highest BCUT2D eigenvalue weighted by atomic mass is 35.5. The highest BCUT2D eigenvalue weighted by Crippen LogP contribution is 2.47. The van der Waals surface area contributed by atoms with Gasteiger partial charge < -0.3 is 10.8 Å². The fourth-order valence-corrected chi connectivity index (χ4v) is 5.67. The van der Waals surface area contributed by atoms with Crippen molar-refractivity contribution in [3.63, 3.8) is 0 Å². The molecule has 7 nitrogen and oxygen atoms in total. The Morgan fingerprint density at radius 2 is 1.72 bits per heavy atom. The predicted molar refractivity (Wildman–Crippen MR) is 112 cm³/mol. The van der Waals surface area contributed by atoms with Gasteiger partial charge in [0.15, 0.2) is 19.6 Å². The Morgan fingerprint density at radius 1 is 1.21 bits per heavy atom. The zero-order valence-corrected chi connectivity index (χ0v) is 18.9. The van der Waals surface area contributed by atoms with E-state index in [1.165, 1.54) is 35.6 Å². The number of aromatic nitrogens is 1. The van der Waals surface area contributed by atoms with E-state index >= 15 is 0 Å². The molecule has 0 unspecified atom stereocenters. The molecule has 3 rings (SSSR count). The average Bonchev–Trinajstić information content (AvgIpc) is 3.32. The van der Waals surface area contributed by atoms with E-state index in [-0.39, 0.29) is 23.2 Å². The van der Waals surface area contributed by atoms with Crippen LogP contribution in [0.25, 0.3) is 0 Å². The third-order valence-electron chi connectivity index (χ3n) is 4.42. The summed E-state index contributed by atoms with van der Waals surface area (Å²) in [6.45, 7) is 8.19. The Hall–Kier alpha value is -1.97. The number of aryl methyl sites for hydroxylation is 1. The summed E-state index contributed by atoms with van der Waals surface area (Å²) in [4.78, 5) is 27.1.